The van der Waals surface area contributed by atoms with Crippen molar-refractivity contribution in [2.24, 2.45) is 0 Å². The summed E-state index contributed by atoms with van der Waals surface area (Å²) in [6.07, 6.45) is 0.798. The summed E-state index contributed by atoms with van der Waals surface area (Å²) in [6.45, 7) is 4.80. The van der Waals surface area contributed by atoms with E-state index in [9.17, 15) is 14.0 Å². The van der Waals surface area contributed by atoms with Gasteiger partial charge in [-0.2, -0.15) is 0 Å². The Balaban J connectivity index is 1.35. The summed E-state index contributed by atoms with van der Waals surface area (Å²) in [4.78, 5) is 31.2. The molecule has 2 amide bonds. The number of anilines is 1. The number of amides is 2. The third-order valence-electron chi connectivity index (χ3n) is 5.98. The van der Waals surface area contributed by atoms with Crippen LogP contribution in [0, 0.1) is 5.82 Å². The van der Waals surface area contributed by atoms with Crippen molar-refractivity contribution in [1.82, 2.24) is 20.0 Å². The van der Waals surface area contributed by atoms with Crippen molar-refractivity contribution in [3.05, 3.63) is 78.1 Å². The van der Waals surface area contributed by atoms with Crippen LogP contribution in [0.1, 0.15) is 23.7 Å². The van der Waals surface area contributed by atoms with Gasteiger partial charge in [-0.25, -0.2) is 4.39 Å². The smallest absolute Gasteiger partial charge is 0.254 e. The molecule has 0 radical (unpaired) electrons. The summed E-state index contributed by atoms with van der Waals surface area (Å²) >= 11 is 0. The van der Waals surface area contributed by atoms with Crippen LogP contribution < -0.4 is 4.90 Å². The predicted molar refractivity (Wildman–Crippen MR) is 129 cm³/mol. The molecule has 0 N–H and O–H groups in total. The Labute approximate surface area is 198 Å². The van der Waals surface area contributed by atoms with Gasteiger partial charge in [-0.1, -0.05) is 30.3 Å². The first kappa shape index (κ1) is 23.4. The van der Waals surface area contributed by atoms with Gasteiger partial charge in [0, 0.05) is 43.9 Å². The summed E-state index contributed by atoms with van der Waals surface area (Å²) in [6, 6.07) is 19.2. The highest BCUT2D eigenvalue weighted by Gasteiger charge is 2.24. The van der Waals surface area contributed by atoms with Crippen molar-refractivity contribution in [3.63, 3.8) is 0 Å². The minimum atomic E-state index is -0.399. The van der Waals surface area contributed by atoms with Gasteiger partial charge in [0.2, 0.25) is 5.91 Å². The summed E-state index contributed by atoms with van der Waals surface area (Å²) in [7, 11) is 0. The Bertz CT molecular complexity index is 1110. The Morgan fingerprint density at radius 1 is 0.912 bits per heavy atom. The van der Waals surface area contributed by atoms with Crippen LogP contribution >= 0.6 is 0 Å². The second-order valence-electron chi connectivity index (χ2n) is 8.19. The number of rotatable bonds is 6. The number of benzene rings is 2. The number of carbonyl (C=O) groups is 2. The third-order valence-corrected chi connectivity index (χ3v) is 5.98. The van der Waals surface area contributed by atoms with Gasteiger partial charge in [0.25, 0.3) is 5.91 Å². The second-order valence-corrected chi connectivity index (χ2v) is 8.19. The van der Waals surface area contributed by atoms with Crippen molar-refractivity contribution in [2.45, 2.75) is 13.3 Å². The van der Waals surface area contributed by atoms with Gasteiger partial charge in [0.15, 0.2) is 5.82 Å². The molecule has 2 heterocycles. The monoisotopic (exact) mass is 461 g/mol. The van der Waals surface area contributed by atoms with Crippen molar-refractivity contribution in [1.29, 1.82) is 0 Å². The topological polar surface area (TPSA) is 69.6 Å². The molecule has 0 atom stereocenters. The molecular formula is C26H28FN5O2. The molecule has 3 aromatic rings. The normalized spacial score (nSPS) is 13.9. The molecule has 0 saturated carbocycles. The highest BCUT2D eigenvalue weighted by Crippen LogP contribution is 2.19. The number of likely N-dealkylation sites (N-methyl/N-ethyl adjacent to an activating group) is 1. The first-order valence-corrected chi connectivity index (χ1v) is 11.5. The molecule has 0 bridgehead atoms. The van der Waals surface area contributed by atoms with Gasteiger partial charge in [-0.3, -0.25) is 9.59 Å². The quantitative estimate of drug-likeness (QED) is 0.562. The van der Waals surface area contributed by atoms with Gasteiger partial charge < -0.3 is 14.7 Å². The maximum absolute atomic E-state index is 13.2. The van der Waals surface area contributed by atoms with Crippen LogP contribution in [0.4, 0.5) is 10.2 Å². The van der Waals surface area contributed by atoms with Gasteiger partial charge in [-0.15, -0.1) is 10.2 Å². The van der Waals surface area contributed by atoms with E-state index in [1.54, 1.807) is 4.90 Å². The van der Waals surface area contributed by atoms with E-state index < -0.39 is 5.82 Å². The number of hydrogen-bond donors (Lipinski definition) is 0. The minimum Gasteiger partial charge on any atom is -0.353 e. The zero-order valence-corrected chi connectivity index (χ0v) is 19.2. The number of halogens is 1. The summed E-state index contributed by atoms with van der Waals surface area (Å²) in [5, 5.41) is 8.78. The summed E-state index contributed by atoms with van der Waals surface area (Å²) in [5.74, 6) is 0.0191. The third kappa shape index (κ3) is 5.57. The van der Waals surface area contributed by atoms with E-state index in [4.69, 9.17) is 0 Å². The maximum Gasteiger partial charge on any atom is 0.254 e. The Hall–Kier alpha value is -3.81. The highest BCUT2D eigenvalue weighted by molar-refractivity contribution is 5.96. The molecule has 0 spiro atoms. The fraction of sp³-hybridized carbons (Fsp3) is 0.308. The molecule has 1 aromatic heterocycles. The number of hydrogen-bond acceptors (Lipinski definition) is 5. The molecule has 0 unspecified atom stereocenters. The van der Waals surface area contributed by atoms with Gasteiger partial charge in [0.1, 0.15) is 12.4 Å². The van der Waals surface area contributed by atoms with Crippen LogP contribution in [0.25, 0.3) is 11.3 Å². The van der Waals surface area contributed by atoms with Crippen molar-refractivity contribution >= 4 is 17.6 Å². The van der Waals surface area contributed by atoms with E-state index >= 15 is 0 Å². The lowest BCUT2D eigenvalue weighted by molar-refractivity contribution is -0.131. The van der Waals surface area contributed by atoms with Crippen molar-refractivity contribution in [2.75, 3.05) is 44.2 Å². The van der Waals surface area contributed by atoms with Crippen LogP contribution in [0.3, 0.4) is 0 Å². The zero-order chi connectivity index (χ0) is 23.9. The lowest BCUT2D eigenvalue weighted by Crippen LogP contribution is -2.44. The predicted octanol–water partition coefficient (Wildman–Crippen LogP) is 3.48. The van der Waals surface area contributed by atoms with Gasteiger partial charge in [0.05, 0.1) is 5.69 Å². The molecule has 8 heteroatoms. The van der Waals surface area contributed by atoms with Crippen LogP contribution in [0.5, 0.6) is 0 Å². The average molecular weight is 462 g/mol. The largest absolute Gasteiger partial charge is 0.353 e. The molecule has 1 saturated heterocycles. The van der Waals surface area contributed by atoms with E-state index in [-0.39, 0.29) is 18.4 Å². The zero-order valence-electron chi connectivity index (χ0n) is 19.2. The average Bonchev–Trinajstić information content (AvgIpc) is 3.14. The molecule has 4 rings (SSSR count). The number of nitrogens with zero attached hydrogens (tertiary/aromatic N) is 5. The molecular weight excluding hydrogens is 433 g/mol. The molecule has 0 aliphatic carbocycles. The van der Waals surface area contributed by atoms with Crippen molar-refractivity contribution in [3.8, 4) is 11.3 Å². The van der Waals surface area contributed by atoms with Gasteiger partial charge >= 0.3 is 0 Å². The first-order chi connectivity index (χ1) is 16.5. The van der Waals surface area contributed by atoms with Crippen LogP contribution in [0.2, 0.25) is 0 Å². The maximum atomic E-state index is 13.2. The number of aromatic nitrogens is 2. The van der Waals surface area contributed by atoms with E-state index in [0.717, 1.165) is 30.0 Å². The highest BCUT2D eigenvalue weighted by atomic mass is 19.1. The fourth-order valence-electron chi connectivity index (χ4n) is 4.02. The van der Waals surface area contributed by atoms with Crippen LogP contribution in [-0.2, 0) is 4.79 Å². The molecule has 1 fully saturated rings. The summed E-state index contributed by atoms with van der Waals surface area (Å²) < 4.78 is 13.2. The van der Waals surface area contributed by atoms with Gasteiger partial charge in [-0.05, 0) is 49.7 Å². The molecule has 7 nitrogen and oxygen atoms in total. The molecule has 34 heavy (non-hydrogen) atoms. The molecule has 1 aliphatic rings. The minimum absolute atomic E-state index is 0.00170. The van der Waals surface area contributed by atoms with E-state index in [0.29, 0.717) is 31.7 Å². The van der Waals surface area contributed by atoms with Crippen LogP contribution in [0.15, 0.2) is 66.7 Å². The number of carbonyl (C=O) groups excluding carboxylic acids is 2. The second kappa shape index (κ2) is 10.9. The first-order valence-electron chi connectivity index (χ1n) is 11.5. The molecule has 2 aromatic carbocycles. The van der Waals surface area contributed by atoms with Crippen molar-refractivity contribution < 1.29 is 14.0 Å². The lowest BCUT2D eigenvalue weighted by atomic mass is 10.1. The Morgan fingerprint density at radius 3 is 2.35 bits per heavy atom. The fourth-order valence-corrected chi connectivity index (χ4v) is 4.02. The summed E-state index contributed by atoms with van der Waals surface area (Å²) in [5.41, 5.74) is 2.21. The van der Waals surface area contributed by atoms with Crippen LogP contribution in [-0.4, -0.2) is 71.1 Å². The Morgan fingerprint density at radius 2 is 1.68 bits per heavy atom. The molecule has 1 aliphatic heterocycles. The van der Waals surface area contributed by atoms with E-state index in [1.807, 2.05) is 49.4 Å². The standard InChI is InChI=1S/C26H28FN5O2/c1-2-30(26(34)21-9-11-22(27)12-10-21)19-25(33)32-16-6-15-31(17-18-32)24-14-13-23(28-29-24)20-7-4-3-5-8-20/h3-5,7-14H,2,6,15-19H2,1H3. The van der Waals surface area contributed by atoms with E-state index in [2.05, 4.69) is 15.1 Å². The molecule has 176 valence electrons. The van der Waals surface area contributed by atoms with E-state index in [1.165, 1.54) is 29.2 Å². The SMILES string of the molecule is CCN(CC(=O)N1CCCN(c2ccc(-c3ccccc3)nn2)CC1)C(=O)c1ccc(F)cc1. The Kier molecular flexibility index (Phi) is 7.47. The lowest BCUT2D eigenvalue weighted by Gasteiger charge is -2.26.